The van der Waals surface area contributed by atoms with E-state index in [2.05, 4.69) is 0 Å². The van der Waals surface area contributed by atoms with E-state index in [1.807, 2.05) is 41.8 Å². The standard InChI is InChI=1S/C13H9NO3S/c15-14(16)10-8-9-4-1-2-5-11(9)17-13(10)12-6-3-7-18-12/h1-8,13H/t13-/m0/s1. The zero-order valence-corrected chi connectivity index (χ0v) is 10.1. The summed E-state index contributed by atoms with van der Waals surface area (Å²) >= 11 is 1.45. The molecule has 0 amide bonds. The Bertz CT molecular complexity index is 619. The Morgan fingerprint density at radius 1 is 1.22 bits per heavy atom. The quantitative estimate of drug-likeness (QED) is 0.612. The zero-order chi connectivity index (χ0) is 12.5. The van der Waals surface area contributed by atoms with Gasteiger partial charge in [-0.3, -0.25) is 10.1 Å². The molecule has 0 unspecified atom stereocenters. The van der Waals surface area contributed by atoms with Crippen LogP contribution in [0.5, 0.6) is 5.75 Å². The zero-order valence-electron chi connectivity index (χ0n) is 9.28. The first-order chi connectivity index (χ1) is 8.75. The van der Waals surface area contributed by atoms with Gasteiger partial charge in [0.2, 0.25) is 6.10 Å². The molecule has 2 heterocycles. The van der Waals surface area contributed by atoms with Crippen LogP contribution in [0, 0.1) is 10.1 Å². The van der Waals surface area contributed by atoms with Crippen LogP contribution in [-0.4, -0.2) is 4.92 Å². The van der Waals surface area contributed by atoms with Crippen molar-refractivity contribution in [1.82, 2.24) is 0 Å². The van der Waals surface area contributed by atoms with Crippen LogP contribution >= 0.6 is 11.3 Å². The second-order valence-electron chi connectivity index (χ2n) is 3.88. The summed E-state index contributed by atoms with van der Waals surface area (Å²) in [6, 6.07) is 11.0. The lowest BCUT2D eigenvalue weighted by Gasteiger charge is -2.21. The lowest BCUT2D eigenvalue weighted by atomic mass is 10.1. The maximum absolute atomic E-state index is 11.1. The number of hydrogen-bond acceptors (Lipinski definition) is 4. The van der Waals surface area contributed by atoms with Crippen molar-refractivity contribution in [2.75, 3.05) is 0 Å². The van der Waals surface area contributed by atoms with Crippen LogP contribution in [0.2, 0.25) is 0 Å². The minimum atomic E-state index is -0.616. The predicted octanol–water partition coefficient (Wildman–Crippen LogP) is 3.50. The van der Waals surface area contributed by atoms with Crippen LogP contribution in [-0.2, 0) is 0 Å². The average Bonchev–Trinajstić information content (AvgIpc) is 2.91. The Morgan fingerprint density at radius 2 is 2.06 bits per heavy atom. The highest BCUT2D eigenvalue weighted by molar-refractivity contribution is 7.10. The van der Waals surface area contributed by atoms with Crippen LogP contribution in [0.3, 0.4) is 0 Å². The predicted molar refractivity (Wildman–Crippen MR) is 69.1 cm³/mol. The molecule has 0 bridgehead atoms. The first kappa shape index (κ1) is 11.0. The van der Waals surface area contributed by atoms with Gasteiger partial charge in [-0.25, -0.2) is 0 Å². The Morgan fingerprint density at radius 3 is 2.78 bits per heavy atom. The molecule has 1 aliphatic rings. The molecule has 1 aromatic carbocycles. The molecule has 0 saturated heterocycles. The van der Waals surface area contributed by atoms with E-state index in [0.717, 1.165) is 10.4 Å². The Labute approximate surface area is 107 Å². The largest absolute Gasteiger partial charge is 0.473 e. The molecule has 2 aromatic rings. The fourth-order valence-electron chi connectivity index (χ4n) is 1.92. The molecule has 18 heavy (non-hydrogen) atoms. The molecule has 0 radical (unpaired) electrons. The highest BCUT2D eigenvalue weighted by Gasteiger charge is 2.33. The normalized spacial score (nSPS) is 17.6. The van der Waals surface area contributed by atoms with Gasteiger partial charge in [-0.1, -0.05) is 24.3 Å². The van der Waals surface area contributed by atoms with Crippen LogP contribution < -0.4 is 4.74 Å². The van der Waals surface area contributed by atoms with Gasteiger partial charge < -0.3 is 4.74 Å². The lowest BCUT2D eigenvalue weighted by molar-refractivity contribution is -0.434. The Hall–Kier alpha value is -2.14. The number of para-hydroxylation sites is 1. The molecule has 0 fully saturated rings. The van der Waals surface area contributed by atoms with Gasteiger partial charge in [0.05, 0.1) is 9.80 Å². The van der Waals surface area contributed by atoms with E-state index < -0.39 is 6.10 Å². The van der Waals surface area contributed by atoms with Gasteiger partial charge in [0.25, 0.3) is 5.70 Å². The van der Waals surface area contributed by atoms with Crippen LogP contribution in [0.15, 0.2) is 47.5 Å². The first-order valence-corrected chi connectivity index (χ1v) is 6.29. The lowest BCUT2D eigenvalue weighted by Crippen LogP contribution is -2.18. The smallest absolute Gasteiger partial charge is 0.292 e. The van der Waals surface area contributed by atoms with Crippen LogP contribution in [0.4, 0.5) is 0 Å². The molecule has 3 rings (SSSR count). The average molecular weight is 259 g/mol. The summed E-state index contributed by atoms with van der Waals surface area (Å²) in [6.07, 6.45) is 0.971. The number of benzene rings is 1. The third-order valence-electron chi connectivity index (χ3n) is 2.75. The van der Waals surface area contributed by atoms with E-state index in [0.29, 0.717) is 5.75 Å². The van der Waals surface area contributed by atoms with Crippen molar-refractivity contribution in [3.63, 3.8) is 0 Å². The van der Waals surface area contributed by atoms with Crippen molar-refractivity contribution in [2.24, 2.45) is 0 Å². The molecule has 0 saturated carbocycles. The van der Waals surface area contributed by atoms with Gasteiger partial charge in [-0.05, 0) is 17.5 Å². The van der Waals surface area contributed by atoms with E-state index in [9.17, 15) is 10.1 Å². The third-order valence-corrected chi connectivity index (χ3v) is 3.66. The molecule has 0 aliphatic carbocycles. The van der Waals surface area contributed by atoms with Crippen LogP contribution in [0.25, 0.3) is 6.08 Å². The van der Waals surface area contributed by atoms with Crippen LogP contribution in [0.1, 0.15) is 16.5 Å². The number of thiophene rings is 1. The fourth-order valence-corrected chi connectivity index (χ4v) is 2.69. The third kappa shape index (κ3) is 1.78. The molecule has 1 atom stereocenters. The summed E-state index contributed by atoms with van der Waals surface area (Å²) in [5, 5.41) is 13.0. The van der Waals surface area contributed by atoms with E-state index in [1.54, 1.807) is 6.08 Å². The topological polar surface area (TPSA) is 52.4 Å². The van der Waals surface area contributed by atoms with Gasteiger partial charge in [-0.2, -0.15) is 0 Å². The molecule has 1 aliphatic heterocycles. The summed E-state index contributed by atoms with van der Waals surface area (Å²) in [4.78, 5) is 11.6. The van der Waals surface area contributed by atoms with Gasteiger partial charge in [-0.15, -0.1) is 11.3 Å². The monoisotopic (exact) mass is 259 g/mol. The van der Waals surface area contributed by atoms with E-state index in [4.69, 9.17) is 4.74 Å². The highest BCUT2D eigenvalue weighted by Crippen LogP contribution is 2.38. The summed E-state index contributed by atoms with van der Waals surface area (Å²) in [5.41, 5.74) is 0.827. The van der Waals surface area contributed by atoms with Gasteiger partial charge in [0.15, 0.2) is 0 Å². The number of nitrogens with zero attached hydrogens (tertiary/aromatic N) is 1. The highest BCUT2D eigenvalue weighted by atomic mass is 32.1. The molecule has 90 valence electrons. The minimum absolute atomic E-state index is 0.0798. The van der Waals surface area contributed by atoms with Gasteiger partial charge in [0.1, 0.15) is 5.75 Å². The molecular formula is C13H9NO3S. The molecular weight excluding hydrogens is 250 g/mol. The number of fused-ring (bicyclic) bond motifs is 1. The maximum atomic E-state index is 11.1. The second-order valence-corrected chi connectivity index (χ2v) is 4.86. The number of ether oxygens (including phenoxy) is 1. The van der Waals surface area contributed by atoms with Crippen molar-refractivity contribution in [2.45, 2.75) is 6.10 Å². The van der Waals surface area contributed by atoms with E-state index >= 15 is 0 Å². The van der Waals surface area contributed by atoms with Crippen molar-refractivity contribution in [1.29, 1.82) is 0 Å². The van der Waals surface area contributed by atoms with E-state index in [1.165, 1.54) is 11.3 Å². The Balaban J connectivity index is 2.10. The second kappa shape index (κ2) is 4.27. The molecule has 1 aromatic heterocycles. The first-order valence-electron chi connectivity index (χ1n) is 5.41. The maximum Gasteiger partial charge on any atom is 0.292 e. The summed E-state index contributed by atoms with van der Waals surface area (Å²) in [6.45, 7) is 0. The minimum Gasteiger partial charge on any atom is -0.473 e. The van der Waals surface area contributed by atoms with Crippen molar-refractivity contribution in [3.8, 4) is 5.75 Å². The number of hydrogen-bond donors (Lipinski definition) is 0. The number of rotatable bonds is 2. The van der Waals surface area contributed by atoms with Gasteiger partial charge in [0, 0.05) is 11.6 Å². The molecule has 0 spiro atoms. The fraction of sp³-hybridized carbons (Fsp3) is 0.0769. The molecule has 0 N–H and O–H groups in total. The molecule has 5 heteroatoms. The van der Waals surface area contributed by atoms with E-state index in [-0.39, 0.29) is 10.6 Å². The SMILES string of the molecule is O=[N+]([O-])C1=Cc2ccccc2O[C@@H]1c1cccs1. The summed E-state index contributed by atoms with van der Waals surface area (Å²) < 4.78 is 5.75. The Kier molecular flexibility index (Phi) is 2.60. The summed E-state index contributed by atoms with van der Waals surface area (Å²) in [7, 11) is 0. The van der Waals surface area contributed by atoms with Crippen molar-refractivity contribution in [3.05, 3.63) is 68.0 Å². The molecule has 4 nitrogen and oxygen atoms in total. The number of nitro groups is 1. The van der Waals surface area contributed by atoms with Gasteiger partial charge >= 0.3 is 0 Å². The van der Waals surface area contributed by atoms with Crippen molar-refractivity contribution < 1.29 is 9.66 Å². The van der Waals surface area contributed by atoms with Crippen molar-refractivity contribution >= 4 is 17.4 Å². The summed E-state index contributed by atoms with van der Waals surface area (Å²) in [5.74, 6) is 0.682.